The van der Waals surface area contributed by atoms with Gasteiger partial charge in [-0.15, -0.1) is 0 Å². The van der Waals surface area contributed by atoms with Crippen LogP contribution in [0.3, 0.4) is 0 Å². The molecule has 0 atom stereocenters. The lowest BCUT2D eigenvalue weighted by Gasteiger charge is -2.14. The van der Waals surface area contributed by atoms with E-state index in [1.807, 2.05) is 38.1 Å². The van der Waals surface area contributed by atoms with Crippen molar-refractivity contribution in [2.45, 2.75) is 36.6 Å². The van der Waals surface area contributed by atoms with E-state index in [2.05, 4.69) is 5.32 Å². The number of carbonyl (C=O) groups excluding carboxylic acids is 1. The highest BCUT2D eigenvalue weighted by Gasteiger charge is 2.24. The highest BCUT2D eigenvalue weighted by molar-refractivity contribution is 7.91. The van der Waals surface area contributed by atoms with Crippen molar-refractivity contribution in [3.63, 3.8) is 0 Å². The van der Waals surface area contributed by atoms with E-state index in [-0.39, 0.29) is 27.6 Å². The summed E-state index contributed by atoms with van der Waals surface area (Å²) in [5.74, 6) is 0.193. The third-order valence-electron chi connectivity index (χ3n) is 5.65. The van der Waals surface area contributed by atoms with Gasteiger partial charge in [0, 0.05) is 17.3 Å². The first-order valence-corrected chi connectivity index (χ1v) is 12.8. The second-order valence-electron chi connectivity index (χ2n) is 7.97. The Morgan fingerprint density at radius 1 is 0.943 bits per heavy atom. The van der Waals surface area contributed by atoms with Gasteiger partial charge in [-0.25, -0.2) is 8.42 Å². The minimum atomic E-state index is -4.14. The Labute approximate surface area is 203 Å². The van der Waals surface area contributed by atoms with Gasteiger partial charge in [0.25, 0.3) is 0 Å². The van der Waals surface area contributed by atoms with Crippen molar-refractivity contribution < 1.29 is 17.9 Å². The molecular weight excluding hydrogens is 464 g/mol. The smallest absolute Gasteiger partial charge is 0.244 e. The summed E-state index contributed by atoms with van der Waals surface area (Å²) in [6.45, 7) is 4.17. The molecule has 1 N–H and O–H groups in total. The van der Waals surface area contributed by atoms with Crippen molar-refractivity contribution in [2.24, 2.45) is 0 Å². The summed E-state index contributed by atoms with van der Waals surface area (Å²) < 4.78 is 33.7. The number of pyridine rings is 1. The Balaban J connectivity index is 1.72. The Morgan fingerprint density at radius 3 is 2.29 bits per heavy atom. The molecule has 0 saturated heterocycles. The molecule has 1 heterocycles. The lowest BCUT2D eigenvalue weighted by atomic mass is 10.1. The van der Waals surface area contributed by atoms with Crippen LogP contribution in [0.4, 0.5) is 5.69 Å². The van der Waals surface area contributed by atoms with Crippen molar-refractivity contribution >= 4 is 32.3 Å². The van der Waals surface area contributed by atoms with Crippen LogP contribution in [-0.4, -0.2) is 25.5 Å². The van der Waals surface area contributed by atoms with E-state index in [1.54, 1.807) is 36.4 Å². The maximum atomic E-state index is 13.4. The van der Waals surface area contributed by atoms with Crippen LogP contribution in [0.5, 0.6) is 5.75 Å². The van der Waals surface area contributed by atoms with E-state index in [0.717, 1.165) is 12.0 Å². The molecule has 0 fully saturated rings. The summed E-state index contributed by atoms with van der Waals surface area (Å²) in [6, 6.07) is 20.1. The van der Waals surface area contributed by atoms with Crippen LogP contribution in [0.2, 0.25) is 0 Å². The molecule has 0 saturated carbocycles. The van der Waals surface area contributed by atoms with Crippen molar-refractivity contribution in [3.05, 3.63) is 94.8 Å². The molecule has 0 aliphatic rings. The maximum Gasteiger partial charge on any atom is 0.244 e. The molecule has 0 bridgehead atoms. The highest BCUT2D eigenvalue weighted by atomic mass is 32.2. The number of nitrogens with one attached hydrogen (secondary N) is 1. The number of carbonyl (C=O) groups is 1. The van der Waals surface area contributed by atoms with Gasteiger partial charge < -0.3 is 14.6 Å². The third-order valence-corrected chi connectivity index (χ3v) is 7.41. The van der Waals surface area contributed by atoms with E-state index in [9.17, 15) is 18.0 Å². The van der Waals surface area contributed by atoms with Gasteiger partial charge in [0.1, 0.15) is 17.2 Å². The summed E-state index contributed by atoms with van der Waals surface area (Å²) in [5, 5.41) is 3.05. The first kappa shape index (κ1) is 24.2. The molecule has 4 rings (SSSR count). The molecule has 7 nitrogen and oxygen atoms in total. The number of anilines is 1. The van der Waals surface area contributed by atoms with Crippen LogP contribution in [0.1, 0.15) is 19.4 Å². The average Bonchev–Trinajstić information content (AvgIpc) is 2.86. The van der Waals surface area contributed by atoms with Gasteiger partial charge in [-0.1, -0.05) is 31.2 Å². The van der Waals surface area contributed by atoms with Crippen LogP contribution < -0.4 is 15.5 Å². The summed E-state index contributed by atoms with van der Waals surface area (Å²) in [5.41, 5.74) is 1.65. The Morgan fingerprint density at radius 2 is 1.63 bits per heavy atom. The van der Waals surface area contributed by atoms with E-state index >= 15 is 0 Å². The zero-order valence-corrected chi connectivity index (χ0v) is 20.3. The molecule has 0 aliphatic carbocycles. The van der Waals surface area contributed by atoms with Gasteiger partial charge in [0.15, 0.2) is 0 Å². The van der Waals surface area contributed by atoms with Gasteiger partial charge in [-0.05, 0) is 67.4 Å². The number of rotatable bonds is 8. The molecule has 8 heteroatoms. The summed E-state index contributed by atoms with van der Waals surface area (Å²) in [7, 11) is -4.14. The number of aryl methyl sites for hydroxylation is 1. The van der Waals surface area contributed by atoms with Crippen LogP contribution in [0.25, 0.3) is 10.9 Å². The lowest BCUT2D eigenvalue weighted by Crippen LogP contribution is -2.23. The van der Waals surface area contributed by atoms with E-state index in [0.29, 0.717) is 23.6 Å². The SMILES string of the molecule is CCOc1ccc(S(=O)(=O)c2cn(CC(=O)Nc3ccc(CC)cc3)c3ccccc3c2=O)cc1. The number of nitrogens with zero attached hydrogens (tertiary/aromatic N) is 1. The number of ether oxygens (including phenoxy) is 1. The maximum absolute atomic E-state index is 13.4. The van der Waals surface area contributed by atoms with Gasteiger partial charge in [-0.3, -0.25) is 9.59 Å². The molecule has 0 unspecified atom stereocenters. The third kappa shape index (κ3) is 5.12. The Kier molecular flexibility index (Phi) is 7.02. The van der Waals surface area contributed by atoms with Crippen molar-refractivity contribution in [2.75, 3.05) is 11.9 Å². The topological polar surface area (TPSA) is 94.5 Å². The molecule has 0 spiro atoms. The minimum Gasteiger partial charge on any atom is -0.494 e. The van der Waals surface area contributed by atoms with Crippen molar-refractivity contribution in [1.82, 2.24) is 4.57 Å². The number of fused-ring (bicyclic) bond motifs is 1. The molecule has 35 heavy (non-hydrogen) atoms. The molecular formula is C27H26N2O5S. The lowest BCUT2D eigenvalue weighted by molar-refractivity contribution is -0.116. The molecule has 0 radical (unpaired) electrons. The molecule has 4 aromatic rings. The molecule has 0 aliphatic heterocycles. The Hall–Kier alpha value is -3.91. The van der Waals surface area contributed by atoms with E-state index in [4.69, 9.17) is 4.74 Å². The first-order valence-electron chi connectivity index (χ1n) is 11.3. The minimum absolute atomic E-state index is 0.0275. The largest absolute Gasteiger partial charge is 0.494 e. The molecule has 1 amide bonds. The van der Waals surface area contributed by atoms with Crippen LogP contribution in [0.15, 0.2) is 93.6 Å². The number of benzene rings is 3. The van der Waals surface area contributed by atoms with Crippen LogP contribution >= 0.6 is 0 Å². The predicted octanol–water partition coefficient (Wildman–Crippen LogP) is 4.43. The number of hydrogen-bond donors (Lipinski definition) is 1. The quantitative estimate of drug-likeness (QED) is 0.394. The van der Waals surface area contributed by atoms with Crippen LogP contribution in [-0.2, 0) is 27.6 Å². The zero-order valence-electron chi connectivity index (χ0n) is 19.5. The standard InChI is InChI=1S/C27H26N2O5S/c1-3-19-9-11-20(12-10-19)28-26(30)18-29-17-25(27(31)23-7-5-6-8-24(23)29)35(32,33)22-15-13-21(14-16-22)34-4-2/h5-17H,3-4,18H2,1-2H3,(H,28,30). The molecule has 1 aromatic heterocycles. The summed E-state index contributed by atoms with van der Waals surface area (Å²) in [4.78, 5) is 25.6. The van der Waals surface area contributed by atoms with E-state index in [1.165, 1.54) is 22.9 Å². The predicted molar refractivity (Wildman–Crippen MR) is 136 cm³/mol. The monoisotopic (exact) mass is 490 g/mol. The second kappa shape index (κ2) is 10.1. The van der Waals surface area contributed by atoms with Gasteiger partial charge in [0.2, 0.25) is 21.2 Å². The molecule has 3 aromatic carbocycles. The highest BCUT2D eigenvalue weighted by Crippen LogP contribution is 2.23. The number of amides is 1. The van der Waals surface area contributed by atoms with Gasteiger partial charge in [0.05, 0.1) is 17.0 Å². The van der Waals surface area contributed by atoms with Crippen LogP contribution in [0, 0.1) is 0 Å². The summed E-state index contributed by atoms with van der Waals surface area (Å²) in [6.07, 6.45) is 2.14. The van der Waals surface area contributed by atoms with E-state index < -0.39 is 15.3 Å². The fourth-order valence-electron chi connectivity index (χ4n) is 3.83. The fraction of sp³-hybridized carbons (Fsp3) is 0.185. The van der Waals surface area contributed by atoms with Gasteiger partial charge >= 0.3 is 0 Å². The second-order valence-corrected chi connectivity index (χ2v) is 9.89. The average molecular weight is 491 g/mol. The first-order chi connectivity index (χ1) is 16.8. The number of para-hydroxylation sites is 1. The number of aromatic nitrogens is 1. The normalized spacial score (nSPS) is 11.4. The Bertz CT molecular complexity index is 1520. The van der Waals surface area contributed by atoms with Crippen molar-refractivity contribution in [1.29, 1.82) is 0 Å². The summed E-state index contributed by atoms with van der Waals surface area (Å²) >= 11 is 0. The number of hydrogen-bond acceptors (Lipinski definition) is 5. The molecule has 180 valence electrons. The van der Waals surface area contributed by atoms with Crippen molar-refractivity contribution in [3.8, 4) is 5.75 Å². The fourth-order valence-corrected chi connectivity index (χ4v) is 5.20. The number of sulfone groups is 1. The van der Waals surface area contributed by atoms with Gasteiger partial charge in [-0.2, -0.15) is 0 Å². The zero-order chi connectivity index (χ0) is 25.0.